The first-order chi connectivity index (χ1) is 18.2. The number of H-pyrrole nitrogens is 2. The van der Waals surface area contributed by atoms with Crippen molar-refractivity contribution in [2.45, 2.75) is 70.7 Å². The van der Waals surface area contributed by atoms with E-state index in [4.69, 9.17) is 38.1 Å². The van der Waals surface area contributed by atoms with Crippen LogP contribution in [0.3, 0.4) is 0 Å². The van der Waals surface area contributed by atoms with Crippen LogP contribution in [0.15, 0.2) is 32.6 Å². The van der Waals surface area contributed by atoms with Gasteiger partial charge in [0.05, 0.1) is 27.4 Å². The number of nitrogens with one attached hydrogen (secondary N) is 2. The number of halogens is 2. The lowest BCUT2D eigenvalue weighted by molar-refractivity contribution is 0.118. The van der Waals surface area contributed by atoms with Gasteiger partial charge in [0, 0.05) is 6.07 Å². The molecule has 11 nitrogen and oxygen atoms in total. The van der Waals surface area contributed by atoms with E-state index < -0.39 is 31.5 Å². The maximum atomic E-state index is 13.0. The lowest BCUT2D eigenvalue weighted by Gasteiger charge is -2.40. The number of aromatic nitrogens is 5. The topological polar surface area (TPSA) is 158 Å². The molecule has 0 saturated heterocycles. The van der Waals surface area contributed by atoms with Crippen molar-refractivity contribution in [2.75, 3.05) is 5.73 Å². The molecule has 4 rings (SSSR count). The van der Waals surface area contributed by atoms with E-state index >= 15 is 0 Å². The number of anilines is 1. The smallest absolute Gasteiger partial charge is 0.349 e. The largest absolute Gasteiger partial charge is 0.434 e. The molecule has 14 heteroatoms. The summed E-state index contributed by atoms with van der Waals surface area (Å²) in [6.45, 7) is 10.8. The fourth-order valence-electron chi connectivity index (χ4n) is 4.29. The molecule has 4 N–H and O–H groups in total. The van der Waals surface area contributed by atoms with Crippen LogP contribution in [0.1, 0.15) is 58.1 Å². The van der Waals surface area contributed by atoms with E-state index in [1.807, 2.05) is 0 Å². The first kappa shape index (κ1) is 29.1. The zero-order chi connectivity index (χ0) is 28.7. The molecule has 1 unspecified atom stereocenters. The van der Waals surface area contributed by atoms with Gasteiger partial charge >= 0.3 is 5.69 Å². The van der Waals surface area contributed by atoms with Crippen molar-refractivity contribution in [3.63, 3.8) is 0 Å². The Balaban J connectivity index is 1.70. The van der Waals surface area contributed by atoms with E-state index in [0.29, 0.717) is 5.56 Å². The van der Waals surface area contributed by atoms with E-state index in [1.165, 1.54) is 12.1 Å². The standard InChI is InChI=1S/C25H32Cl2N6O5Si/c1-25(2,3)39(4,5)38-19(13-8-6-7-9-13)15-12-18(30-31-22(15)34)37-20-16(26)10-14(11-17(20)27)33-24(36)29-23(35)21(28)32-33/h10-13,19H,6-9H2,1-5H3,(H2,28,32)(H,31,34)(H,29,35,36). The molecule has 0 amide bonds. The highest BCUT2D eigenvalue weighted by Crippen LogP contribution is 2.45. The molecule has 2 heterocycles. The Morgan fingerprint density at radius 2 is 1.69 bits per heavy atom. The molecule has 0 spiro atoms. The molecule has 210 valence electrons. The minimum atomic E-state index is -2.22. The summed E-state index contributed by atoms with van der Waals surface area (Å²) in [7, 11) is -2.22. The van der Waals surface area contributed by atoms with Crippen molar-refractivity contribution in [3.8, 4) is 17.3 Å². The summed E-state index contributed by atoms with van der Waals surface area (Å²) in [4.78, 5) is 38.8. The van der Waals surface area contributed by atoms with E-state index in [9.17, 15) is 14.4 Å². The van der Waals surface area contributed by atoms with Gasteiger partial charge in [-0.2, -0.15) is 4.68 Å². The molecule has 1 fully saturated rings. The molecular weight excluding hydrogens is 563 g/mol. The van der Waals surface area contributed by atoms with Gasteiger partial charge in [0.15, 0.2) is 14.1 Å². The van der Waals surface area contributed by atoms with Gasteiger partial charge in [-0.3, -0.25) is 14.6 Å². The van der Waals surface area contributed by atoms with Gasteiger partial charge in [0.2, 0.25) is 11.7 Å². The number of nitrogen functional groups attached to an aromatic ring is 1. The summed E-state index contributed by atoms with van der Waals surface area (Å²) in [5.74, 6) is -0.0614. The molecular formula is C25H32Cl2N6O5Si. The summed E-state index contributed by atoms with van der Waals surface area (Å²) in [6.07, 6.45) is 3.72. The van der Waals surface area contributed by atoms with Crippen LogP contribution in [-0.4, -0.2) is 33.3 Å². The van der Waals surface area contributed by atoms with Crippen molar-refractivity contribution < 1.29 is 9.16 Å². The average molecular weight is 596 g/mol. The quantitative estimate of drug-likeness (QED) is 0.324. The molecule has 0 radical (unpaired) electrons. The Kier molecular flexibility index (Phi) is 8.13. The maximum absolute atomic E-state index is 13.0. The van der Waals surface area contributed by atoms with Gasteiger partial charge in [-0.1, -0.05) is 56.8 Å². The van der Waals surface area contributed by atoms with Crippen LogP contribution >= 0.6 is 23.2 Å². The monoisotopic (exact) mass is 594 g/mol. The van der Waals surface area contributed by atoms with Crippen LogP contribution < -0.4 is 27.3 Å². The average Bonchev–Trinajstić information content (AvgIpc) is 3.37. The summed E-state index contributed by atoms with van der Waals surface area (Å²) in [5.41, 5.74) is 4.18. The molecule has 1 aromatic carbocycles. The molecule has 1 saturated carbocycles. The SMILES string of the molecule is CC(C)(C)[Si](C)(C)OC(c1cc(Oc2c(Cl)cc(-n3nc(N)c(=O)[nH]c3=O)cc2Cl)n[nH]c1=O)C1CCCC1. The van der Waals surface area contributed by atoms with E-state index in [1.54, 1.807) is 6.07 Å². The molecule has 1 atom stereocenters. The predicted octanol–water partition coefficient (Wildman–Crippen LogP) is 4.94. The molecule has 2 aromatic heterocycles. The van der Waals surface area contributed by atoms with Crippen molar-refractivity contribution in [1.29, 1.82) is 0 Å². The van der Waals surface area contributed by atoms with E-state index in [2.05, 4.69) is 54.1 Å². The van der Waals surface area contributed by atoms with Crippen LogP contribution in [0.4, 0.5) is 5.82 Å². The van der Waals surface area contributed by atoms with Crippen LogP contribution in [0.5, 0.6) is 11.6 Å². The summed E-state index contributed by atoms with van der Waals surface area (Å²) in [6, 6.07) is 4.33. The number of ether oxygens (including phenoxy) is 1. The Labute approximate surface area is 235 Å². The molecule has 3 aromatic rings. The minimum absolute atomic E-state index is 0.0374. The minimum Gasteiger partial charge on any atom is -0.434 e. The Hall–Kier alpha value is -2.93. The lowest BCUT2D eigenvalue weighted by Crippen LogP contribution is -2.43. The van der Waals surface area contributed by atoms with Gasteiger partial charge in [-0.25, -0.2) is 9.89 Å². The highest BCUT2D eigenvalue weighted by atomic mass is 35.5. The van der Waals surface area contributed by atoms with Crippen molar-refractivity contribution in [3.05, 3.63) is 65.0 Å². The van der Waals surface area contributed by atoms with E-state index in [-0.39, 0.29) is 43.9 Å². The predicted molar refractivity (Wildman–Crippen MR) is 153 cm³/mol. The highest BCUT2D eigenvalue weighted by Gasteiger charge is 2.42. The van der Waals surface area contributed by atoms with Crippen LogP contribution in [-0.2, 0) is 4.43 Å². The Morgan fingerprint density at radius 1 is 1.08 bits per heavy atom. The molecule has 1 aliphatic carbocycles. The fraction of sp³-hybridized carbons (Fsp3) is 0.480. The van der Waals surface area contributed by atoms with Gasteiger partial charge in [-0.05, 0) is 49.0 Å². The van der Waals surface area contributed by atoms with E-state index in [0.717, 1.165) is 30.4 Å². The Bertz CT molecular complexity index is 1530. The second-order valence-corrected chi connectivity index (χ2v) is 16.8. The van der Waals surface area contributed by atoms with Gasteiger partial charge in [0.25, 0.3) is 11.1 Å². The normalized spacial score (nSPS) is 15.5. The number of hydrogen-bond donors (Lipinski definition) is 3. The van der Waals surface area contributed by atoms with Crippen molar-refractivity contribution in [2.24, 2.45) is 5.92 Å². The molecule has 0 bridgehead atoms. The second-order valence-electron chi connectivity index (χ2n) is 11.2. The number of aromatic amines is 2. The zero-order valence-electron chi connectivity index (χ0n) is 22.4. The highest BCUT2D eigenvalue weighted by molar-refractivity contribution is 6.74. The summed E-state index contributed by atoms with van der Waals surface area (Å²) < 4.78 is 13.6. The lowest BCUT2D eigenvalue weighted by atomic mass is 9.95. The summed E-state index contributed by atoms with van der Waals surface area (Å²) >= 11 is 12.9. The van der Waals surface area contributed by atoms with Gasteiger partial charge < -0.3 is 14.9 Å². The Morgan fingerprint density at radius 3 is 2.28 bits per heavy atom. The number of nitrogens with two attached hydrogens (primary N) is 1. The zero-order valence-corrected chi connectivity index (χ0v) is 24.9. The molecule has 1 aliphatic rings. The van der Waals surface area contributed by atoms with Crippen LogP contribution in [0.25, 0.3) is 5.69 Å². The first-order valence-electron chi connectivity index (χ1n) is 12.6. The van der Waals surface area contributed by atoms with Crippen molar-refractivity contribution in [1.82, 2.24) is 25.0 Å². The number of hydrogen-bond acceptors (Lipinski definition) is 8. The third kappa shape index (κ3) is 6.13. The van der Waals surface area contributed by atoms with Crippen molar-refractivity contribution >= 4 is 37.3 Å². The fourth-order valence-corrected chi connectivity index (χ4v) is 6.15. The van der Waals surface area contributed by atoms with Gasteiger partial charge in [-0.15, -0.1) is 10.2 Å². The number of benzene rings is 1. The van der Waals surface area contributed by atoms with Crippen LogP contribution in [0.2, 0.25) is 28.2 Å². The molecule has 39 heavy (non-hydrogen) atoms. The first-order valence-corrected chi connectivity index (χ1v) is 16.3. The van der Waals surface area contributed by atoms with Gasteiger partial charge in [0.1, 0.15) is 0 Å². The number of nitrogens with zero attached hydrogens (tertiary/aromatic N) is 3. The number of rotatable bonds is 7. The summed E-state index contributed by atoms with van der Waals surface area (Å²) in [5, 5.41) is 10.4. The maximum Gasteiger partial charge on any atom is 0.349 e. The second kappa shape index (κ2) is 10.9. The third-order valence-electron chi connectivity index (χ3n) is 7.46. The van der Waals surface area contributed by atoms with Crippen LogP contribution in [0, 0.1) is 5.92 Å². The third-order valence-corrected chi connectivity index (χ3v) is 12.5. The molecule has 0 aliphatic heterocycles.